The van der Waals surface area contributed by atoms with Gasteiger partial charge in [0.2, 0.25) is 0 Å². The highest BCUT2D eigenvalue weighted by molar-refractivity contribution is 5.48. The Morgan fingerprint density at radius 1 is 1.35 bits per heavy atom. The van der Waals surface area contributed by atoms with Crippen molar-refractivity contribution in [1.82, 2.24) is 0 Å². The minimum Gasteiger partial charge on any atom is -0.324 e. The van der Waals surface area contributed by atoms with Crippen LogP contribution in [0.3, 0.4) is 0 Å². The molecule has 0 aliphatic carbocycles. The molecule has 0 radical (unpaired) electrons. The highest BCUT2D eigenvalue weighted by atomic mass is 16.6. The van der Waals surface area contributed by atoms with Crippen LogP contribution in [0.1, 0.15) is 43.0 Å². The molecule has 4 heteroatoms. The molecule has 1 rings (SSSR count). The van der Waals surface area contributed by atoms with Gasteiger partial charge in [-0.05, 0) is 37.3 Å². The zero-order valence-corrected chi connectivity index (χ0v) is 10.9. The molecule has 1 unspecified atom stereocenters. The van der Waals surface area contributed by atoms with Crippen LogP contribution in [0.15, 0.2) is 12.1 Å². The quantitative estimate of drug-likeness (QED) is 0.644. The summed E-state index contributed by atoms with van der Waals surface area (Å²) in [5.41, 5.74) is 8.72. The molecule has 1 aromatic rings. The van der Waals surface area contributed by atoms with E-state index in [0.29, 0.717) is 5.92 Å². The van der Waals surface area contributed by atoms with Gasteiger partial charge in [-0.1, -0.05) is 19.9 Å². The maximum atomic E-state index is 10.9. The molecule has 17 heavy (non-hydrogen) atoms. The van der Waals surface area contributed by atoms with Gasteiger partial charge in [0.05, 0.1) is 4.92 Å². The number of nitro benzene ring substituents is 1. The molecule has 0 aliphatic rings. The van der Waals surface area contributed by atoms with E-state index in [1.54, 1.807) is 13.0 Å². The fraction of sp³-hybridized carbons (Fsp3) is 0.538. The number of nitro groups is 1. The van der Waals surface area contributed by atoms with Crippen molar-refractivity contribution < 1.29 is 4.92 Å². The minimum atomic E-state index is -0.339. The van der Waals surface area contributed by atoms with Crippen LogP contribution < -0.4 is 5.73 Å². The van der Waals surface area contributed by atoms with Gasteiger partial charge in [-0.2, -0.15) is 0 Å². The largest absolute Gasteiger partial charge is 0.324 e. The first-order chi connectivity index (χ1) is 7.82. The number of aryl methyl sites for hydroxylation is 1. The van der Waals surface area contributed by atoms with E-state index >= 15 is 0 Å². The Morgan fingerprint density at radius 2 is 1.94 bits per heavy atom. The van der Waals surface area contributed by atoms with Gasteiger partial charge in [0.15, 0.2) is 0 Å². The number of benzene rings is 1. The third-order valence-corrected chi connectivity index (χ3v) is 3.01. The third-order valence-electron chi connectivity index (χ3n) is 3.01. The maximum Gasteiger partial charge on any atom is 0.272 e. The van der Waals surface area contributed by atoms with E-state index < -0.39 is 0 Å². The van der Waals surface area contributed by atoms with Gasteiger partial charge in [-0.3, -0.25) is 10.1 Å². The molecule has 0 fully saturated rings. The highest BCUT2D eigenvalue weighted by Crippen LogP contribution is 2.28. The van der Waals surface area contributed by atoms with Crippen molar-refractivity contribution >= 4 is 5.69 Å². The van der Waals surface area contributed by atoms with Crippen molar-refractivity contribution in [2.45, 2.75) is 40.2 Å². The highest BCUT2D eigenvalue weighted by Gasteiger charge is 2.17. The second-order valence-electron chi connectivity index (χ2n) is 4.98. The topological polar surface area (TPSA) is 69.2 Å². The molecule has 1 atom stereocenters. The standard InChI is InChI=1S/C13H20N2O2/c1-8(2)5-12(14)11-6-9(3)10(4)13(7-11)15(16)17/h6-8,12H,5,14H2,1-4H3. The zero-order chi connectivity index (χ0) is 13.2. The van der Waals surface area contributed by atoms with Gasteiger partial charge < -0.3 is 5.73 Å². The first kappa shape index (κ1) is 13.6. The van der Waals surface area contributed by atoms with E-state index in [1.807, 2.05) is 13.0 Å². The van der Waals surface area contributed by atoms with Gasteiger partial charge in [-0.25, -0.2) is 0 Å². The van der Waals surface area contributed by atoms with Crippen LogP contribution in [-0.4, -0.2) is 4.92 Å². The van der Waals surface area contributed by atoms with E-state index in [2.05, 4.69) is 13.8 Å². The van der Waals surface area contributed by atoms with E-state index in [0.717, 1.165) is 23.1 Å². The normalized spacial score (nSPS) is 12.8. The first-order valence-corrected chi connectivity index (χ1v) is 5.84. The number of hydrogen-bond acceptors (Lipinski definition) is 3. The van der Waals surface area contributed by atoms with E-state index in [1.165, 1.54) is 0 Å². The van der Waals surface area contributed by atoms with E-state index in [9.17, 15) is 10.1 Å². The summed E-state index contributed by atoms with van der Waals surface area (Å²) < 4.78 is 0. The molecule has 1 aromatic carbocycles. The van der Waals surface area contributed by atoms with Crippen LogP contribution >= 0.6 is 0 Å². The smallest absolute Gasteiger partial charge is 0.272 e. The van der Waals surface area contributed by atoms with Crippen LogP contribution in [0.4, 0.5) is 5.69 Å². The average Bonchev–Trinajstić information content (AvgIpc) is 2.20. The van der Waals surface area contributed by atoms with Crippen molar-refractivity contribution in [1.29, 1.82) is 0 Å². The third kappa shape index (κ3) is 3.27. The Balaban J connectivity index is 3.14. The zero-order valence-electron chi connectivity index (χ0n) is 10.9. The predicted octanol–water partition coefficient (Wildman–Crippen LogP) is 3.26. The average molecular weight is 236 g/mol. The lowest BCUT2D eigenvalue weighted by Crippen LogP contribution is -2.13. The summed E-state index contributed by atoms with van der Waals surface area (Å²) in [7, 11) is 0. The summed E-state index contributed by atoms with van der Waals surface area (Å²) in [5, 5.41) is 10.9. The fourth-order valence-electron chi connectivity index (χ4n) is 1.92. The van der Waals surface area contributed by atoms with Crippen molar-refractivity contribution in [3.05, 3.63) is 38.9 Å². The number of hydrogen-bond donors (Lipinski definition) is 1. The Bertz CT molecular complexity index is 428. The summed E-state index contributed by atoms with van der Waals surface area (Å²) in [4.78, 5) is 10.6. The van der Waals surface area contributed by atoms with Gasteiger partial charge in [0, 0.05) is 17.7 Å². The molecule has 4 nitrogen and oxygen atoms in total. The molecule has 0 spiro atoms. The fourth-order valence-corrected chi connectivity index (χ4v) is 1.92. The Kier molecular flexibility index (Phi) is 4.23. The molecule has 0 saturated carbocycles. The van der Waals surface area contributed by atoms with E-state index in [4.69, 9.17) is 5.73 Å². The maximum absolute atomic E-state index is 10.9. The monoisotopic (exact) mass is 236 g/mol. The van der Waals surface area contributed by atoms with Crippen LogP contribution in [-0.2, 0) is 0 Å². The van der Waals surface area contributed by atoms with Crippen molar-refractivity contribution in [3.63, 3.8) is 0 Å². The summed E-state index contributed by atoms with van der Waals surface area (Å²) >= 11 is 0. The molecule has 0 bridgehead atoms. The van der Waals surface area contributed by atoms with Crippen LogP contribution in [0.2, 0.25) is 0 Å². The van der Waals surface area contributed by atoms with Gasteiger partial charge in [-0.15, -0.1) is 0 Å². The van der Waals surface area contributed by atoms with Crippen LogP contribution in [0, 0.1) is 29.9 Å². The molecule has 0 saturated heterocycles. The van der Waals surface area contributed by atoms with E-state index in [-0.39, 0.29) is 16.7 Å². The number of nitrogens with two attached hydrogens (primary N) is 1. The Morgan fingerprint density at radius 3 is 2.41 bits per heavy atom. The Hall–Kier alpha value is -1.42. The Labute approximate surface area is 102 Å². The van der Waals surface area contributed by atoms with Crippen molar-refractivity contribution in [2.75, 3.05) is 0 Å². The molecular weight excluding hydrogens is 216 g/mol. The lowest BCUT2D eigenvalue weighted by atomic mass is 9.94. The van der Waals surface area contributed by atoms with Gasteiger partial charge >= 0.3 is 0 Å². The van der Waals surface area contributed by atoms with Gasteiger partial charge in [0.25, 0.3) is 5.69 Å². The summed E-state index contributed by atoms with van der Waals surface area (Å²) in [6.07, 6.45) is 0.833. The molecular formula is C13H20N2O2. The molecule has 0 heterocycles. The molecule has 0 aromatic heterocycles. The summed E-state index contributed by atoms with van der Waals surface area (Å²) in [5.74, 6) is 0.477. The predicted molar refractivity (Wildman–Crippen MR) is 69.0 cm³/mol. The van der Waals surface area contributed by atoms with Gasteiger partial charge in [0.1, 0.15) is 0 Å². The second-order valence-corrected chi connectivity index (χ2v) is 4.98. The van der Waals surface area contributed by atoms with Crippen LogP contribution in [0.5, 0.6) is 0 Å². The molecule has 0 amide bonds. The van der Waals surface area contributed by atoms with Crippen LogP contribution in [0.25, 0.3) is 0 Å². The lowest BCUT2D eigenvalue weighted by Gasteiger charge is -2.15. The van der Waals surface area contributed by atoms with Crippen molar-refractivity contribution in [3.8, 4) is 0 Å². The molecule has 94 valence electrons. The lowest BCUT2D eigenvalue weighted by molar-refractivity contribution is -0.385. The minimum absolute atomic E-state index is 0.131. The number of nitrogens with zero attached hydrogens (tertiary/aromatic N) is 1. The summed E-state index contributed by atoms with van der Waals surface area (Å²) in [6.45, 7) is 7.84. The SMILES string of the molecule is Cc1cc(C(N)CC(C)C)cc([N+](=O)[O-])c1C. The second kappa shape index (κ2) is 5.27. The molecule has 2 N–H and O–H groups in total. The number of rotatable bonds is 4. The first-order valence-electron chi connectivity index (χ1n) is 5.84. The molecule has 0 aliphatic heterocycles. The van der Waals surface area contributed by atoms with Crippen molar-refractivity contribution in [2.24, 2.45) is 11.7 Å². The summed E-state index contributed by atoms with van der Waals surface area (Å²) in [6, 6.07) is 3.43.